The van der Waals surface area contributed by atoms with E-state index in [0.717, 1.165) is 24.3 Å². The Morgan fingerprint density at radius 1 is 1.38 bits per heavy atom. The summed E-state index contributed by atoms with van der Waals surface area (Å²) in [6.45, 7) is 2.67. The lowest BCUT2D eigenvalue weighted by atomic mass is 10.2. The lowest BCUT2D eigenvalue weighted by molar-refractivity contribution is 0.0699. The van der Waals surface area contributed by atoms with Gasteiger partial charge in [0.05, 0.1) is 17.6 Å². The second-order valence-electron chi connectivity index (χ2n) is 5.73. The van der Waals surface area contributed by atoms with E-state index < -0.39 is 11.5 Å². The number of carboxylic acid groups (broad SMARTS) is 1. The normalized spacial score (nSPS) is 11.0. The highest BCUT2D eigenvalue weighted by molar-refractivity contribution is 7.99. The lowest BCUT2D eigenvalue weighted by Crippen LogP contribution is -2.11. The molecule has 0 saturated carbocycles. The summed E-state index contributed by atoms with van der Waals surface area (Å²) in [6, 6.07) is 7.95. The third-order valence-corrected chi connectivity index (χ3v) is 5.52. The maximum Gasteiger partial charge on any atom is 0.337 e. The zero-order valence-corrected chi connectivity index (χ0v) is 15.8. The Morgan fingerprint density at radius 3 is 3.00 bits per heavy atom. The van der Waals surface area contributed by atoms with Gasteiger partial charge in [-0.25, -0.2) is 9.78 Å². The number of thiophene rings is 1. The number of benzene rings is 1. The lowest BCUT2D eigenvalue weighted by Gasteiger charge is -2.06. The summed E-state index contributed by atoms with van der Waals surface area (Å²) in [5.41, 5.74) is 0.769. The molecule has 3 rings (SSSR count). The van der Waals surface area contributed by atoms with Gasteiger partial charge in [-0.15, -0.1) is 11.3 Å². The van der Waals surface area contributed by atoms with Crippen LogP contribution in [0.1, 0.15) is 28.8 Å². The van der Waals surface area contributed by atoms with E-state index in [2.05, 4.69) is 9.97 Å². The van der Waals surface area contributed by atoms with Crippen molar-refractivity contribution in [1.82, 2.24) is 9.97 Å². The van der Waals surface area contributed by atoms with Gasteiger partial charge in [-0.05, 0) is 37.5 Å². The van der Waals surface area contributed by atoms with Gasteiger partial charge in [0.15, 0.2) is 5.16 Å². The van der Waals surface area contributed by atoms with E-state index in [0.29, 0.717) is 16.6 Å². The summed E-state index contributed by atoms with van der Waals surface area (Å²) in [5.74, 6) is 0.557. The minimum Gasteiger partial charge on any atom is -0.494 e. The van der Waals surface area contributed by atoms with E-state index >= 15 is 0 Å². The van der Waals surface area contributed by atoms with Crippen LogP contribution in [0.5, 0.6) is 5.75 Å². The van der Waals surface area contributed by atoms with Crippen LogP contribution in [0.25, 0.3) is 10.2 Å². The maximum atomic E-state index is 12.1. The fraction of sp³-hybridized carbons (Fsp3) is 0.278. The van der Waals surface area contributed by atoms with Crippen molar-refractivity contribution in [2.45, 2.75) is 24.9 Å². The van der Waals surface area contributed by atoms with Crippen molar-refractivity contribution < 1.29 is 14.6 Å². The van der Waals surface area contributed by atoms with Crippen LogP contribution in [0.4, 0.5) is 0 Å². The molecular weight excluding hydrogens is 372 g/mol. The van der Waals surface area contributed by atoms with Crippen molar-refractivity contribution in [1.29, 1.82) is 0 Å². The third kappa shape index (κ3) is 4.44. The number of thioether (sulfide) groups is 1. The van der Waals surface area contributed by atoms with Gasteiger partial charge in [-0.1, -0.05) is 23.9 Å². The molecule has 2 aromatic heterocycles. The Bertz CT molecular complexity index is 981. The van der Waals surface area contributed by atoms with Crippen molar-refractivity contribution >= 4 is 39.3 Å². The zero-order valence-electron chi connectivity index (χ0n) is 14.2. The van der Waals surface area contributed by atoms with Crippen LogP contribution in [0.15, 0.2) is 39.6 Å². The minimum atomic E-state index is -1.11. The number of hydrogen-bond donors (Lipinski definition) is 2. The number of carbonyl (C=O) groups is 1. The quantitative estimate of drug-likeness (QED) is 0.344. The number of nitrogens with one attached hydrogen (secondary N) is 1. The zero-order chi connectivity index (χ0) is 18.5. The number of aromatic nitrogens is 2. The topological polar surface area (TPSA) is 92.3 Å². The minimum absolute atomic E-state index is 0.00333. The van der Waals surface area contributed by atoms with Gasteiger partial charge in [0.25, 0.3) is 5.56 Å². The fourth-order valence-electron chi connectivity index (χ4n) is 2.42. The van der Waals surface area contributed by atoms with Gasteiger partial charge in [0.2, 0.25) is 0 Å². The molecule has 0 aliphatic carbocycles. The number of rotatable bonds is 8. The molecule has 3 aromatic rings. The number of carboxylic acids is 1. The van der Waals surface area contributed by atoms with Crippen molar-refractivity contribution in [2.75, 3.05) is 12.4 Å². The molecule has 0 aliphatic heterocycles. The average Bonchev–Trinajstić information content (AvgIpc) is 3.03. The first-order valence-corrected chi connectivity index (χ1v) is 9.98. The monoisotopic (exact) mass is 390 g/mol. The summed E-state index contributed by atoms with van der Waals surface area (Å²) in [6.07, 6.45) is 1.82. The van der Waals surface area contributed by atoms with Gasteiger partial charge in [-0.2, -0.15) is 0 Å². The highest BCUT2D eigenvalue weighted by atomic mass is 32.2. The van der Waals surface area contributed by atoms with Gasteiger partial charge >= 0.3 is 5.97 Å². The second kappa shape index (κ2) is 8.37. The van der Waals surface area contributed by atoms with Crippen LogP contribution in [0.3, 0.4) is 0 Å². The molecular formula is C18H18N2O4S2. The first-order chi connectivity index (χ1) is 12.5. The Morgan fingerprint density at radius 2 is 2.23 bits per heavy atom. The number of H-pyrrole nitrogens is 1. The molecule has 0 spiro atoms. The van der Waals surface area contributed by atoms with E-state index in [1.807, 2.05) is 31.2 Å². The Hall–Kier alpha value is -2.32. The SMILES string of the molecule is Cc1cccc(OCCCCSc2nc3scc(C(=O)O)c3c(=O)[nH]2)c1. The van der Waals surface area contributed by atoms with Gasteiger partial charge < -0.3 is 14.8 Å². The van der Waals surface area contributed by atoms with Crippen LogP contribution in [-0.4, -0.2) is 33.4 Å². The molecule has 0 fully saturated rings. The standard InChI is InChI=1S/C18H18N2O4S2/c1-11-5-4-6-12(9-11)24-7-2-3-8-25-18-19-15(21)14-13(17(22)23)10-26-16(14)20-18/h4-6,9-10H,2-3,7-8H2,1H3,(H,22,23)(H,19,20,21). The van der Waals surface area contributed by atoms with E-state index in [1.165, 1.54) is 34.0 Å². The van der Waals surface area contributed by atoms with Crippen LogP contribution in [-0.2, 0) is 0 Å². The van der Waals surface area contributed by atoms with Gasteiger partial charge in [0.1, 0.15) is 10.6 Å². The molecule has 0 radical (unpaired) electrons. The van der Waals surface area contributed by atoms with E-state index in [1.54, 1.807) is 0 Å². The number of aromatic amines is 1. The summed E-state index contributed by atoms with van der Waals surface area (Å²) in [7, 11) is 0. The molecule has 0 unspecified atom stereocenters. The molecule has 0 saturated heterocycles. The number of unbranched alkanes of at least 4 members (excludes halogenated alkanes) is 1. The highest BCUT2D eigenvalue weighted by Crippen LogP contribution is 2.23. The predicted octanol–water partition coefficient (Wildman–Crippen LogP) is 3.94. The molecule has 0 bridgehead atoms. The smallest absolute Gasteiger partial charge is 0.337 e. The first kappa shape index (κ1) is 18.5. The molecule has 0 atom stereocenters. The average molecular weight is 390 g/mol. The molecule has 6 nitrogen and oxygen atoms in total. The number of hydrogen-bond acceptors (Lipinski definition) is 6. The van der Waals surface area contributed by atoms with Crippen LogP contribution in [0, 0.1) is 6.92 Å². The summed E-state index contributed by atoms with van der Waals surface area (Å²) in [4.78, 5) is 30.7. The maximum absolute atomic E-state index is 12.1. The van der Waals surface area contributed by atoms with Crippen molar-refractivity contribution in [3.8, 4) is 5.75 Å². The number of fused-ring (bicyclic) bond motifs is 1. The number of aromatic carboxylic acids is 1. The third-order valence-electron chi connectivity index (χ3n) is 3.69. The molecule has 0 aliphatic rings. The number of ether oxygens (including phenoxy) is 1. The molecule has 0 amide bonds. The molecule has 2 N–H and O–H groups in total. The van der Waals surface area contributed by atoms with Crippen LogP contribution < -0.4 is 10.3 Å². The second-order valence-corrected chi connectivity index (χ2v) is 7.67. The number of nitrogens with zero attached hydrogens (tertiary/aromatic N) is 1. The van der Waals surface area contributed by atoms with Crippen LogP contribution >= 0.6 is 23.1 Å². The van der Waals surface area contributed by atoms with Crippen molar-refractivity contribution in [3.63, 3.8) is 0 Å². The van der Waals surface area contributed by atoms with Crippen LogP contribution in [0.2, 0.25) is 0 Å². The van der Waals surface area contributed by atoms with Gasteiger partial charge in [0, 0.05) is 11.1 Å². The molecule has 1 aromatic carbocycles. The Kier molecular flexibility index (Phi) is 5.95. The van der Waals surface area contributed by atoms with E-state index in [9.17, 15) is 9.59 Å². The van der Waals surface area contributed by atoms with E-state index in [-0.39, 0.29) is 10.9 Å². The fourth-order valence-corrected chi connectivity index (χ4v) is 4.26. The first-order valence-electron chi connectivity index (χ1n) is 8.11. The molecule has 2 heterocycles. The summed E-state index contributed by atoms with van der Waals surface area (Å²) < 4.78 is 5.70. The highest BCUT2D eigenvalue weighted by Gasteiger charge is 2.16. The largest absolute Gasteiger partial charge is 0.494 e. The Labute approximate surface area is 158 Å². The molecule has 136 valence electrons. The summed E-state index contributed by atoms with van der Waals surface area (Å²) in [5, 5.41) is 11.2. The van der Waals surface area contributed by atoms with E-state index in [4.69, 9.17) is 9.84 Å². The Balaban J connectivity index is 1.49. The predicted molar refractivity (Wildman–Crippen MR) is 104 cm³/mol. The van der Waals surface area contributed by atoms with Crippen molar-refractivity contribution in [3.05, 3.63) is 51.1 Å². The molecule has 8 heteroatoms. The number of aryl methyl sites for hydroxylation is 1. The van der Waals surface area contributed by atoms with Crippen molar-refractivity contribution in [2.24, 2.45) is 0 Å². The van der Waals surface area contributed by atoms with Gasteiger partial charge in [-0.3, -0.25) is 4.79 Å². The summed E-state index contributed by atoms with van der Waals surface area (Å²) >= 11 is 2.62. The molecule has 26 heavy (non-hydrogen) atoms.